The molecule has 0 aromatic rings. The van der Waals surface area contributed by atoms with Gasteiger partial charge in [-0.1, -0.05) is 83.9 Å². The van der Waals surface area contributed by atoms with Crippen molar-refractivity contribution in [3.63, 3.8) is 0 Å². The Labute approximate surface area is 353 Å². The van der Waals surface area contributed by atoms with Gasteiger partial charge in [0.25, 0.3) is 0 Å². The summed E-state index contributed by atoms with van der Waals surface area (Å²) in [4.78, 5) is 56.8. The Bertz CT molecular complexity index is 1550. The fraction of sp³-hybridized carbons (Fsp3) is 0.750. The number of carbonyl (C=O) groups excluding carboxylic acids is 4. The van der Waals surface area contributed by atoms with Gasteiger partial charge in [-0.3, -0.25) is 14.4 Å². The van der Waals surface area contributed by atoms with E-state index in [1.54, 1.807) is 19.9 Å². The summed E-state index contributed by atoms with van der Waals surface area (Å²) in [5, 5.41) is 44.4. The first-order chi connectivity index (χ1) is 27.9. The van der Waals surface area contributed by atoms with Crippen LogP contribution in [0.2, 0.25) is 0 Å². The van der Waals surface area contributed by atoms with Crippen LogP contribution >= 0.6 is 0 Å². The van der Waals surface area contributed by atoms with E-state index in [1.165, 1.54) is 4.90 Å². The van der Waals surface area contributed by atoms with Crippen LogP contribution in [0.5, 0.6) is 0 Å². The minimum atomic E-state index is -1.78. The predicted molar refractivity (Wildman–Crippen MR) is 228 cm³/mol. The van der Waals surface area contributed by atoms with Crippen molar-refractivity contribution < 1.29 is 49.1 Å². The van der Waals surface area contributed by atoms with Gasteiger partial charge in [0.15, 0.2) is 5.79 Å². The zero-order chi connectivity index (χ0) is 43.4. The van der Waals surface area contributed by atoms with Crippen molar-refractivity contribution in [2.24, 2.45) is 35.5 Å². The van der Waals surface area contributed by atoms with Crippen LogP contribution in [0.4, 0.5) is 0 Å². The third kappa shape index (κ3) is 14.6. The van der Waals surface area contributed by atoms with Crippen molar-refractivity contribution >= 4 is 23.4 Å². The predicted octanol–water partition coefficient (Wildman–Crippen LogP) is 7.10. The lowest BCUT2D eigenvalue weighted by atomic mass is 9.79. The summed E-state index contributed by atoms with van der Waals surface area (Å²) in [7, 11) is 0. The molecule has 3 heterocycles. The zero-order valence-corrected chi connectivity index (χ0v) is 36.9. The summed E-state index contributed by atoms with van der Waals surface area (Å²) in [6, 6.07) is -0.887. The summed E-state index contributed by atoms with van der Waals surface area (Å²) in [6.07, 6.45) is 15.0. The number of cyclic esters (lactones) is 1. The molecular formula is C48H75NO10. The number of nitrogens with zero attached hydrogens (tertiary/aromatic N) is 1. The topological polar surface area (TPSA) is 171 Å². The molecule has 59 heavy (non-hydrogen) atoms. The number of piperidine rings is 1. The number of carbonyl (C=O) groups is 4. The van der Waals surface area contributed by atoms with Gasteiger partial charge >= 0.3 is 5.97 Å². The molecule has 0 aromatic carbocycles. The molecule has 13 atom stereocenters. The van der Waals surface area contributed by atoms with Gasteiger partial charge in [-0.25, -0.2) is 4.79 Å². The number of esters is 1. The van der Waals surface area contributed by atoms with E-state index in [-0.39, 0.29) is 72.9 Å². The lowest BCUT2D eigenvalue weighted by Gasteiger charge is -2.44. The molecule has 4 aliphatic rings. The van der Waals surface area contributed by atoms with Gasteiger partial charge in [0.1, 0.15) is 23.7 Å². The number of fused-ring (bicyclic) bond motifs is 3. The fourth-order valence-corrected chi connectivity index (χ4v) is 9.42. The Morgan fingerprint density at radius 3 is 2.29 bits per heavy atom. The number of amides is 1. The van der Waals surface area contributed by atoms with Crippen molar-refractivity contribution in [2.75, 3.05) is 6.54 Å². The number of hydrogen-bond donors (Lipinski definition) is 4. The van der Waals surface area contributed by atoms with Crippen LogP contribution in [-0.4, -0.2) is 97.7 Å². The summed E-state index contributed by atoms with van der Waals surface area (Å²) >= 11 is 0. The van der Waals surface area contributed by atoms with Crippen molar-refractivity contribution in [3.05, 3.63) is 47.6 Å². The highest BCUT2D eigenvalue weighted by Gasteiger charge is 2.46. The van der Waals surface area contributed by atoms with Crippen LogP contribution in [-0.2, 0) is 28.7 Å². The van der Waals surface area contributed by atoms with E-state index in [1.807, 2.05) is 65.0 Å². The fourth-order valence-electron chi connectivity index (χ4n) is 9.42. The Hall–Kier alpha value is -2.96. The Balaban J connectivity index is 1.62. The maximum atomic E-state index is 14.2. The number of Topliss-reactive ketones (excluding diaryl/α,β-unsaturated/α-hetero) is 2. The highest BCUT2D eigenvalue weighted by molar-refractivity contribution is 5.86. The Morgan fingerprint density at radius 1 is 0.814 bits per heavy atom. The molecule has 1 aliphatic carbocycles. The standard InChI is InChI=1S/C48H75NO10/c1-30-14-9-8-10-15-31(2)41(51)26-39-20-19-36(7)48(57,59-39)29-46(55)49-21-12-11-18-40(49)47(56)58-45(35(6)24-37-16-13-17-38(50)25-37)28-44(54)34(5)23-33(4)43(53)27-42(52)32(3)22-30/h8-10,14-15,23,30,32,34-41,43,45,50-51,53,57H,11-13,16-22,24-29H2,1-7H3. The molecule has 0 aromatic heterocycles. The SMILES string of the molecule is CC1=CC(C)C(=O)CC(C(C)CC2CCCC(O)C2)OC(=O)C2CCCCN2C(=O)CC2(O)OC(CCC2C)CC(O)C(C)=CC=CC=CC(C)CC(C)C(=O)CC1O. The normalized spacial score (nSPS) is 37.9. The second-order valence-electron chi connectivity index (χ2n) is 18.8. The molecule has 2 saturated heterocycles. The van der Waals surface area contributed by atoms with E-state index < -0.39 is 54.0 Å². The third-order valence-corrected chi connectivity index (χ3v) is 13.6. The van der Waals surface area contributed by atoms with Crippen molar-refractivity contribution in [1.82, 2.24) is 4.90 Å². The van der Waals surface area contributed by atoms with Crippen LogP contribution in [0.3, 0.4) is 0 Å². The van der Waals surface area contributed by atoms with Crippen LogP contribution in [0, 0.1) is 35.5 Å². The van der Waals surface area contributed by atoms with Crippen molar-refractivity contribution in [3.8, 4) is 0 Å². The molecule has 3 aliphatic heterocycles. The molecule has 4 rings (SSSR count). The van der Waals surface area contributed by atoms with Crippen molar-refractivity contribution in [2.45, 2.75) is 187 Å². The maximum absolute atomic E-state index is 14.2. The van der Waals surface area contributed by atoms with Gasteiger partial charge in [0.05, 0.1) is 30.8 Å². The molecule has 13 unspecified atom stereocenters. The first-order valence-electron chi connectivity index (χ1n) is 22.6. The first-order valence-corrected chi connectivity index (χ1v) is 22.6. The maximum Gasteiger partial charge on any atom is 0.329 e. The number of aliphatic hydroxyl groups is 4. The Morgan fingerprint density at radius 2 is 1.56 bits per heavy atom. The summed E-state index contributed by atoms with van der Waals surface area (Å²) < 4.78 is 12.5. The minimum Gasteiger partial charge on any atom is -0.460 e. The lowest BCUT2D eigenvalue weighted by molar-refractivity contribution is -0.283. The van der Waals surface area contributed by atoms with Gasteiger partial charge in [-0.15, -0.1) is 0 Å². The van der Waals surface area contributed by atoms with E-state index in [9.17, 15) is 39.6 Å². The average Bonchev–Trinajstić information content (AvgIpc) is 3.18. The molecular weight excluding hydrogens is 751 g/mol. The average molecular weight is 826 g/mol. The van der Waals surface area contributed by atoms with E-state index in [0.29, 0.717) is 63.5 Å². The van der Waals surface area contributed by atoms with Gasteiger partial charge in [0, 0.05) is 43.6 Å². The second kappa shape index (κ2) is 22.8. The highest BCUT2D eigenvalue weighted by atomic mass is 16.6. The molecule has 4 N–H and O–H groups in total. The number of ether oxygens (including phenoxy) is 2. The highest BCUT2D eigenvalue weighted by Crippen LogP contribution is 2.38. The van der Waals surface area contributed by atoms with Gasteiger partial charge in [0.2, 0.25) is 5.91 Å². The summed E-state index contributed by atoms with van der Waals surface area (Å²) in [5.41, 5.74) is 1.26. The second-order valence-corrected chi connectivity index (χ2v) is 18.8. The minimum absolute atomic E-state index is 0.0591. The quantitative estimate of drug-likeness (QED) is 0.170. The van der Waals surface area contributed by atoms with Crippen LogP contribution in [0.1, 0.15) is 145 Å². The summed E-state index contributed by atoms with van der Waals surface area (Å²) in [6.45, 7) is 13.3. The molecule has 2 bridgehead atoms. The van der Waals surface area contributed by atoms with Crippen LogP contribution in [0.15, 0.2) is 47.6 Å². The summed E-state index contributed by atoms with van der Waals surface area (Å²) in [5.74, 6) is -4.15. The van der Waals surface area contributed by atoms with E-state index >= 15 is 0 Å². The van der Waals surface area contributed by atoms with Gasteiger partial charge in [-0.05, 0) is 101 Å². The van der Waals surface area contributed by atoms with Gasteiger partial charge in [-0.2, -0.15) is 0 Å². The zero-order valence-electron chi connectivity index (χ0n) is 36.9. The molecule has 0 radical (unpaired) electrons. The van der Waals surface area contributed by atoms with Crippen molar-refractivity contribution in [1.29, 1.82) is 0 Å². The van der Waals surface area contributed by atoms with Crippen LogP contribution in [0.25, 0.3) is 0 Å². The van der Waals surface area contributed by atoms with E-state index in [4.69, 9.17) is 9.47 Å². The number of aliphatic hydroxyl groups excluding tert-OH is 3. The molecule has 332 valence electrons. The number of rotatable bonds is 3. The smallest absolute Gasteiger partial charge is 0.329 e. The lowest BCUT2D eigenvalue weighted by Crippen LogP contribution is -2.54. The molecule has 1 saturated carbocycles. The van der Waals surface area contributed by atoms with Gasteiger partial charge < -0.3 is 34.8 Å². The molecule has 3 fully saturated rings. The molecule has 11 nitrogen and oxygen atoms in total. The molecule has 0 spiro atoms. The monoisotopic (exact) mass is 826 g/mol. The van der Waals surface area contributed by atoms with E-state index in [2.05, 4.69) is 0 Å². The van der Waals surface area contributed by atoms with Crippen LogP contribution < -0.4 is 0 Å². The third-order valence-electron chi connectivity index (χ3n) is 13.6. The number of hydrogen-bond acceptors (Lipinski definition) is 10. The molecule has 11 heteroatoms. The first kappa shape index (κ1) is 48.7. The number of allylic oxidation sites excluding steroid dienone is 6. The number of ketones is 2. The Kier molecular flexibility index (Phi) is 18.8. The molecule has 1 amide bonds. The largest absolute Gasteiger partial charge is 0.460 e. The van der Waals surface area contributed by atoms with E-state index in [0.717, 1.165) is 24.8 Å².